The monoisotopic (exact) mass is 554 g/mol. The van der Waals surface area contributed by atoms with Gasteiger partial charge in [0.05, 0.1) is 16.8 Å². The summed E-state index contributed by atoms with van der Waals surface area (Å²) in [5, 5.41) is 4.17. The molecule has 1 aromatic carbocycles. The lowest BCUT2D eigenvalue weighted by atomic mass is 9.96. The number of imide groups is 2. The lowest BCUT2D eigenvalue weighted by molar-refractivity contribution is -0.136. The van der Waals surface area contributed by atoms with Crippen LogP contribution in [-0.2, 0) is 14.3 Å². The Hall–Kier alpha value is -3.51. The molecular weight excluding hydrogens is 516 g/mol. The summed E-state index contributed by atoms with van der Waals surface area (Å²) in [7, 11) is 0. The molecule has 3 fully saturated rings. The molecule has 216 valence electrons. The van der Waals surface area contributed by atoms with Crippen molar-refractivity contribution in [3.63, 3.8) is 0 Å². The summed E-state index contributed by atoms with van der Waals surface area (Å²) in [6.45, 7) is 11.2. The van der Waals surface area contributed by atoms with Gasteiger partial charge in [-0.05, 0) is 58.1 Å². The predicted molar refractivity (Wildman–Crippen MR) is 145 cm³/mol. The number of carbonyl (C=O) groups is 5. The number of hydrazine groups is 1. The van der Waals surface area contributed by atoms with Gasteiger partial charge in [0.25, 0.3) is 11.8 Å². The number of nitrogens with zero attached hydrogens (tertiary/aromatic N) is 4. The van der Waals surface area contributed by atoms with Gasteiger partial charge in [-0.1, -0.05) is 6.07 Å². The molecule has 0 bridgehead atoms. The minimum absolute atomic E-state index is 0.0951. The zero-order chi connectivity index (χ0) is 28.6. The number of ether oxygens (including phenoxy) is 1. The summed E-state index contributed by atoms with van der Waals surface area (Å²) in [6.07, 6.45) is 1.78. The number of amides is 5. The van der Waals surface area contributed by atoms with E-state index in [0.29, 0.717) is 22.7 Å². The van der Waals surface area contributed by atoms with Crippen molar-refractivity contribution >= 4 is 35.4 Å². The summed E-state index contributed by atoms with van der Waals surface area (Å²) in [5.74, 6) is -1.42. The van der Waals surface area contributed by atoms with Crippen molar-refractivity contribution < 1.29 is 28.7 Å². The molecule has 5 rings (SSSR count). The topological polar surface area (TPSA) is 132 Å². The number of piperidine rings is 2. The first-order chi connectivity index (χ1) is 19.0. The van der Waals surface area contributed by atoms with Crippen LogP contribution < -0.4 is 15.6 Å². The summed E-state index contributed by atoms with van der Waals surface area (Å²) in [4.78, 5) is 68.2. The molecule has 40 heavy (non-hydrogen) atoms. The average molecular weight is 555 g/mol. The molecule has 0 radical (unpaired) electrons. The SMILES string of the molecule is CC(C)(C)OC(=O)NN1CCC(CN2CCN(c3cccc4c3C(=O)N(C3CCC(=O)NC3=O)C4=O)CC2)CC1. The first kappa shape index (κ1) is 28.0. The van der Waals surface area contributed by atoms with Gasteiger partial charge < -0.3 is 9.64 Å². The molecule has 0 spiro atoms. The van der Waals surface area contributed by atoms with Crippen LogP contribution in [0.5, 0.6) is 0 Å². The predicted octanol–water partition coefficient (Wildman–Crippen LogP) is 1.36. The van der Waals surface area contributed by atoms with Gasteiger partial charge in [-0.3, -0.25) is 39.7 Å². The lowest BCUT2D eigenvalue weighted by Crippen LogP contribution is -2.54. The molecule has 1 aromatic rings. The molecule has 4 heterocycles. The number of piperazine rings is 1. The number of hydrogen-bond donors (Lipinski definition) is 2. The highest BCUT2D eigenvalue weighted by molar-refractivity contribution is 6.25. The number of fused-ring (bicyclic) bond motifs is 1. The average Bonchev–Trinajstić information content (AvgIpc) is 3.14. The van der Waals surface area contributed by atoms with Crippen LogP contribution in [0.15, 0.2) is 18.2 Å². The highest BCUT2D eigenvalue weighted by Crippen LogP contribution is 2.34. The van der Waals surface area contributed by atoms with Gasteiger partial charge in [0.2, 0.25) is 11.8 Å². The number of anilines is 1. The summed E-state index contributed by atoms with van der Waals surface area (Å²) < 4.78 is 5.34. The lowest BCUT2D eigenvalue weighted by Gasteiger charge is -2.40. The molecule has 3 saturated heterocycles. The summed E-state index contributed by atoms with van der Waals surface area (Å²) >= 11 is 0. The molecule has 12 heteroatoms. The number of hydrogen-bond acceptors (Lipinski definition) is 9. The Balaban J connectivity index is 1.14. The van der Waals surface area contributed by atoms with Crippen molar-refractivity contribution in [1.29, 1.82) is 0 Å². The Kier molecular flexibility index (Phi) is 7.83. The van der Waals surface area contributed by atoms with E-state index < -0.39 is 35.5 Å². The Morgan fingerprint density at radius 3 is 2.33 bits per heavy atom. The fraction of sp³-hybridized carbons (Fsp3) is 0.607. The van der Waals surface area contributed by atoms with Crippen LogP contribution in [0, 0.1) is 5.92 Å². The van der Waals surface area contributed by atoms with Crippen molar-refractivity contribution in [2.24, 2.45) is 5.92 Å². The quantitative estimate of drug-likeness (QED) is 0.518. The van der Waals surface area contributed by atoms with E-state index >= 15 is 0 Å². The van der Waals surface area contributed by atoms with Crippen molar-refractivity contribution in [2.45, 2.75) is 58.1 Å². The van der Waals surface area contributed by atoms with E-state index in [1.54, 1.807) is 12.1 Å². The van der Waals surface area contributed by atoms with Crippen LogP contribution in [0.1, 0.15) is 67.2 Å². The highest BCUT2D eigenvalue weighted by atomic mass is 16.6. The van der Waals surface area contributed by atoms with Gasteiger partial charge >= 0.3 is 6.09 Å². The molecule has 12 nitrogen and oxygen atoms in total. The maximum absolute atomic E-state index is 13.5. The van der Waals surface area contributed by atoms with Crippen LogP contribution >= 0.6 is 0 Å². The van der Waals surface area contributed by atoms with Gasteiger partial charge in [-0.25, -0.2) is 9.80 Å². The molecule has 4 aliphatic heterocycles. The van der Waals surface area contributed by atoms with E-state index in [9.17, 15) is 24.0 Å². The molecule has 4 aliphatic rings. The smallest absolute Gasteiger partial charge is 0.422 e. The molecule has 1 atom stereocenters. The standard InChI is InChI=1S/C28H38N6O6/c1-28(2,3)40-27(39)30-33-11-9-18(10-12-33)17-31-13-15-32(16-14-31)20-6-4-5-19-23(20)26(38)34(25(19)37)21-7-8-22(35)29-24(21)36/h4-6,18,21H,7-17H2,1-3H3,(H,30,39)(H,29,35,36). The fourth-order valence-corrected chi connectivity index (χ4v) is 5.95. The van der Waals surface area contributed by atoms with E-state index in [4.69, 9.17) is 4.74 Å². The Labute approximate surface area is 233 Å². The third-order valence-corrected chi connectivity index (χ3v) is 7.94. The van der Waals surface area contributed by atoms with Gasteiger partial charge in [0.15, 0.2) is 0 Å². The van der Waals surface area contributed by atoms with Crippen molar-refractivity contribution in [3.8, 4) is 0 Å². The minimum Gasteiger partial charge on any atom is -0.443 e. The minimum atomic E-state index is -0.972. The Morgan fingerprint density at radius 1 is 0.975 bits per heavy atom. The molecule has 5 amide bonds. The maximum atomic E-state index is 13.5. The summed E-state index contributed by atoms with van der Waals surface area (Å²) in [5.41, 5.74) is 3.68. The van der Waals surface area contributed by atoms with E-state index in [0.717, 1.165) is 63.6 Å². The van der Waals surface area contributed by atoms with Crippen molar-refractivity contribution in [2.75, 3.05) is 50.7 Å². The molecule has 1 unspecified atom stereocenters. The van der Waals surface area contributed by atoms with Crippen LogP contribution in [-0.4, -0.2) is 102 Å². The van der Waals surface area contributed by atoms with Gasteiger partial charge in [0, 0.05) is 52.2 Å². The van der Waals surface area contributed by atoms with Gasteiger partial charge in [0.1, 0.15) is 11.6 Å². The van der Waals surface area contributed by atoms with Crippen LogP contribution in [0.25, 0.3) is 0 Å². The maximum Gasteiger partial charge on any atom is 0.422 e. The van der Waals surface area contributed by atoms with Crippen LogP contribution in [0.3, 0.4) is 0 Å². The third kappa shape index (κ3) is 5.97. The molecule has 0 aromatic heterocycles. The molecule has 2 N–H and O–H groups in total. The van der Waals surface area contributed by atoms with Gasteiger partial charge in [-0.2, -0.15) is 0 Å². The highest BCUT2D eigenvalue weighted by Gasteiger charge is 2.46. The van der Waals surface area contributed by atoms with E-state index in [1.165, 1.54) is 0 Å². The Bertz CT molecular complexity index is 1200. The zero-order valence-electron chi connectivity index (χ0n) is 23.4. The molecular formula is C28H38N6O6. The van der Waals surface area contributed by atoms with Crippen molar-refractivity contribution in [3.05, 3.63) is 29.3 Å². The molecule has 0 aliphatic carbocycles. The second kappa shape index (κ2) is 11.2. The number of carbonyl (C=O) groups excluding carboxylic acids is 5. The normalized spacial score (nSPS) is 23.3. The van der Waals surface area contributed by atoms with Crippen LogP contribution in [0.4, 0.5) is 10.5 Å². The fourth-order valence-electron chi connectivity index (χ4n) is 5.95. The Morgan fingerprint density at radius 2 is 1.68 bits per heavy atom. The second-order valence-electron chi connectivity index (χ2n) is 12.0. The summed E-state index contributed by atoms with van der Waals surface area (Å²) in [6, 6.07) is 4.30. The zero-order valence-corrected chi connectivity index (χ0v) is 23.4. The largest absolute Gasteiger partial charge is 0.443 e. The first-order valence-electron chi connectivity index (χ1n) is 14.1. The second-order valence-corrected chi connectivity index (χ2v) is 12.0. The van der Waals surface area contributed by atoms with Crippen molar-refractivity contribution in [1.82, 2.24) is 25.6 Å². The van der Waals surface area contributed by atoms with Crippen LogP contribution in [0.2, 0.25) is 0 Å². The van der Waals surface area contributed by atoms with E-state index in [2.05, 4.69) is 20.5 Å². The van der Waals surface area contributed by atoms with Gasteiger partial charge in [-0.15, -0.1) is 0 Å². The number of rotatable bonds is 5. The third-order valence-electron chi connectivity index (χ3n) is 7.94. The number of benzene rings is 1. The number of nitrogens with one attached hydrogen (secondary N) is 2. The first-order valence-corrected chi connectivity index (χ1v) is 14.1. The van der Waals surface area contributed by atoms with E-state index in [1.807, 2.05) is 31.8 Å². The molecule has 0 saturated carbocycles. The van der Waals surface area contributed by atoms with E-state index in [-0.39, 0.29) is 18.7 Å².